The van der Waals surface area contributed by atoms with E-state index in [1.807, 2.05) is 0 Å². The number of carbonyl (C=O) groups is 3. The van der Waals surface area contributed by atoms with Gasteiger partial charge in [0.1, 0.15) is 0 Å². The zero-order chi connectivity index (χ0) is 14.3. The maximum Gasteiger partial charge on any atom is 0.259 e. The molecule has 2 unspecified atom stereocenters. The molecule has 2 aliphatic heterocycles. The fourth-order valence-electron chi connectivity index (χ4n) is 2.32. The first-order chi connectivity index (χ1) is 9.56. The number of rotatable bonds is 2. The van der Waals surface area contributed by atoms with Crippen LogP contribution in [0.25, 0.3) is 0 Å². The molecule has 1 fully saturated rings. The predicted molar refractivity (Wildman–Crippen MR) is 69.2 cm³/mol. The molecule has 7 heteroatoms. The molecule has 0 aliphatic carbocycles. The molecule has 0 aromatic heterocycles. The van der Waals surface area contributed by atoms with E-state index < -0.39 is 17.7 Å². The van der Waals surface area contributed by atoms with Crippen LogP contribution in [0.15, 0.2) is 18.2 Å². The fraction of sp³-hybridized carbons (Fsp3) is 0.308. The summed E-state index contributed by atoms with van der Waals surface area (Å²) in [6.45, 7) is 0.649. The van der Waals surface area contributed by atoms with E-state index >= 15 is 0 Å². The van der Waals surface area contributed by atoms with Crippen LogP contribution in [0.4, 0.5) is 5.69 Å². The third kappa shape index (κ3) is 2.06. The Balaban J connectivity index is 1.79. The van der Waals surface area contributed by atoms with Crippen LogP contribution in [0.1, 0.15) is 20.7 Å². The highest BCUT2D eigenvalue weighted by Crippen LogP contribution is 2.21. The summed E-state index contributed by atoms with van der Waals surface area (Å²) in [7, 11) is 0. The van der Waals surface area contributed by atoms with E-state index in [1.54, 1.807) is 6.07 Å². The SMILES string of the molecule is NC1COCC1C(=O)Nc1ccc2c(c1)C(=O)NC2=O. The van der Waals surface area contributed by atoms with Crippen molar-refractivity contribution in [2.45, 2.75) is 6.04 Å². The molecule has 3 rings (SSSR count). The van der Waals surface area contributed by atoms with Crippen molar-refractivity contribution in [1.29, 1.82) is 0 Å². The molecule has 20 heavy (non-hydrogen) atoms. The van der Waals surface area contributed by atoms with Crippen LogP contribution in [0.3, 0.4) is 0 Å². The number of nitrogens with two attached hydrogens (primary N) is 1. The maximum atomic E-state index is 12.0. The third-order valence-electron chi connectivity index (χ3n) is 3.46. The minimum atomic E-state index is -0.456. The summed E-state index contributed by atoms with van der Waals surface area (Å²) in [5.74, 6) is -1.53. The Bertz CT molecular complexity index is 614. The van der Waals surface area contributed by atoms with E-state index in [0.29, 0.717) is 17.9 Å². The highest BCUT2D eigenvalue weighted by atomic mass is 16.5. The van der Waals surface area contributed by atoms with Gasteiger partial charge in [-0.3, -0.25) is 19.7 Å². The van der Waals surface area contributed by atoms with Gasteiger partial charge in [-0.15, -0.1) is 0 Å². The fourth-order valence-corrected chi connectivity index (χ4v) is 2.32. The van der Waals surface area contributed by atoms with Gasteiger partial charge in [-0.1, -0.05) is 0 Å². The molecule has 2 aliphatic rings. The molecule has 1 aromatic rings. The Morgan fingerprint density at radius 1 is 1.25 bits per heavy atom. The van der Waals surface area contributed by atoms with E-state index in [0.717, 1.165) is 0 Å². The maximum absolute atomic E-state index is 12.0. The zero-order valence-electron chi connectivity index (χ0n) is 10.5. The molecule has 3 amide bonds. The molecule has 1 saturated heterocycles. The number of carbonyl (C=O) groups excluding carboxylic acids is 3. The van der Waals surface area contributed by atoms with Gasteiger partial charge >= 0.3 is 0 Å². The Labute approximate surface area is 114 Å². The summed E-state index contributed by atoms with van der Waals surface area (Å²) in [5, 5.41) is 4.88. The van der Waals surface area contributed by atoms with Crippen molar-refractivity contribution < 1.29 is 19.1 Å². The molecule has 0 spiro atoms. The lowest BCUT2D eigenvalue weighted by Gasteiger charge is -2.13. The van der Waals surface area contributed by atoms with Crippen molar-refractivity contribution in [3.8, 4) is 0 Å². The molecule has 0 saturated carbocycles. The first kappa shape index (κ1) is 12.8. The number of anilines is 1. The second-order valence-electron chi connectivity index (χ2n) is 4.84. The quantitative estimate of drug-likeness (QED) is 0.629. The van der Waals surface area contributed by atoms with Crippen LogP contribution >= 0.6 is 0 Å². The molecule has 1 aromatic carbocycles. The monoisotopic (exact) mass is 275 g/mol. The van der Waals surface area contributed by atoms with Gasteiger partial charge in [0.15, 0.2) is 0 Å². The minimum Gasteiger partial charge on any atom is -0.379 e. The van der Waals surface area contributed by atoms with E-state index in [9.17, 15) is 14.4 Å². The van der Waals surface area contributed by atoms with Gasteiger partial charge in [-0.2, -0.15) is 0 Å². The highest BCUT2D eigenvalue weighted by Gasteiger charge is 2.32. The van der Waals surface area contributed by atoms with Gasteiger partial charge in [0, 0.05) is 11.7 Å². The summed E-state index contributed by atoms with van der Waals surface area (Å²) in [6, 6.07) is 4.25. The van der Waals surface area contributed by atoms with E-state index in [-0.39, 0.29) is 24.1 Å². The van der Waals surface area contributed by atoms with Crippen LogP contribution in [-0.2, 0) is 9.53 Å². The number of fused-ring (bicyclic) bond motifs is 1. The van der Waals surface area contributed by atoms with Gasteiger partial charge in [0.2, 0.25) is 5.91 Å². The second-order valence-corrected chi connectivity index (χ2v) is 4.84. The van der Waals surface area contributed by atoms with Crippen molar-refractivity contribution in [1.82, 2.24) is 5.32 Å². The average Bonchev–Trinajstić information content (AvgIpc) is 2.95. The number of amides is 3. The van der Waals surface area contributed by atoms with Gasteiger partial charge in [-0.05, 0) is 18.2 Å². The van der Waals surface area contributed by atoms with Gasteiger partial charge in [-0.25, -0.2) is 0 Å². The number of imide groups is 1. The summed E-state index contributed by atoms with van der Waals surface area (Å²) < 4.78 is 5.14. The number of benzene rings is 1. The molecule has 4 N–H and O–H groups in total. The van der Waals surface area contributed by atoms with Gasteiger partial charge in [0.05, 0.1) is 30.3 Å². The Hall–Kier alpha value is -2.25. The van der Waals surface area contributed by atoms with Crippen molar-refractivity contribution >= 4 is 23.4 Å². The lowest BCUT2D eigenvalue weighted by atomic mass is 10.0. The molecule has 0 radical (unpaired) electrons. The van der Waals surface area contributed by atoms with Crippen LogP contribution in [0.5, 0.6) is 0 Å². The van der Waals surface area contributed by atoms with Crippen LogP contribution in [0, 0.1) is 5.92 Å². The smallest absolute Gasteiger partial charge is 0.259 e. The zero-order valence-corrected chi connectivity index (χ0v) is 10.5. The third-order valence-corrected chi connectivity index (χ3v) is 3.46. The van der Waals surface area contributed by atoms with Crippen molar-refractivity contribution in [2.75, 3.05) is 18.5 Å². The first-order valence-electron chi connectivity index (χ1n) is 6.20. The molecular weight excluding hydrogens is 262 g/mol. The number of hydrogen-bond acceptors (Lipinski definition) is 5. The molecule has 7 nitrogen and oxygen atoms in total. The topological polar surface area (TPSA) is 111 Å². The molecule has 0 bridgehead atoms. The molecular formula is C13H13N3O4. The largest absolute Gasteiger partial charge is 0.379 e. The highest BCUT2D eigenvalue weighted by molar-refractivity contribution is 6.22. The van der Waals surface area contributed by atoms with Crippen molar-refractivity contribution in [3.63, 3.8) is 0 Å². The molecule has 2 atom stereocenters. The standard InChI is InChI=1S/C13H13N3O4/c14-10-5-20-4-9(10)13(19)15-6-1-2-7-8(3-6)12(18)16-11(7)17/h1-3,9-10H,4-5,14H2,(H,15,19)(H,16,17,18). The van der Waals surface area contributed by atoms with E-state index in [4.69, 9.17) is 10.5 Å². The summed E-state index contributed by atoms with van der Waals surface area (Å²) in [5.41, 5.74) is 6.80. The first-order valence-corrected chi connectivity index (χ1v) is 6.20. The van der Waals surface area contributed by atoms with Crippen LogP contribution < -0.4 is 16.4 Å². The second kappa shape index (κ2) is 4.69. The Morgan fingerprint density at radius 2 is 2.00 bits per heavy atom. The van der Waals surface area contributed by atoms with Crippen LogP contribution in [-0.4, -0.2) is 37.0 Å². The average molecular weight is 275 g/mol. The Kier molecular flexibility index (Phi) is 3.00. The van der Waals surface area contributed by atoms with Crippen molar-refractivity contribution in [2.24, 2.45) is 11.7 Å². The summed E-state index contributed by atoms with van der Waals surface area (Å²) in [4.78, 5) is 35.0. The van der Waals surface area contributed by atoms with Gasteiger partial charge < -0.3 is 15.8 Å². The minimum absolute atomic E-state index is 0.250. The van der Waals surface area contributed by atoms with E-state index in [2.05, 4.69) is 10.6 Å². The number of ether oxygens (including phenoxy) is 1. The normalized spacial score (nSPS) is 24.4. The van der Waals surface area contributed by atoms with E-state index in [1.165, 1.54) is 12.1 Å². The predicted octanol–water partition coefficient (Wildman–Crippen LogP) is -0.518. The number of hydrogen-bond donors (Lipinski definition) is 3. The lowest BCUT2D eigenvalue weighted by molar-refractivity contribution is -0.120. The number of nitrogens with one attached hydrogen (secondary N) is 2. The Morgan fingerprint density at radius 3 is 2.70 bits per heavy atom. The summed E-state index contributed by atoms with van der Waals surface area (Å²) >= 11 is 0. The lowest BCUT2D eigenvalue weighted by Crippen LogP contribution is -2.37. The van der Waals surface area contributed by atoms with Gasteiger partial charge in [0.25, 0.3) is 11.8 Å². The summed E-state index contributed by atoms with van der Waals surface area (Å²) in [6.07, 6.45) is 0. The van der Waals surface area contributed by atoms with Crippen LogP contribution in [0.2, 0.25) is 0 Å². The molecule has 2 heterocycles. The molecule has 104 valence electrons. The van der Waals surface area contributed by atoms with Crippen molar-refractivity contribution in [3.05, 3.63) is 29.3 Å².